The normalized spacial score (nSPS) is 9.69. The number of hydrogen-bond donors (Lipinski definition) is 1. The summed E-state index contributed by atoms with van der Waals surface area (Å²) in [7, 11) is 0. The fourth-order valence-corrected chi connectivity index (χ4v) is 1.05. The Bertz CT molecular complexity index is 253. The maximum atomic E-state index is 11.4. The first-order valence-corrected chi connectivity index (χ1v) is 4.36. The summed E-state index contributed by atoms with van der Waals surface area (Å²) in [6.45, 7) is 5.30. The molecule has 0 unspecified atom stereocenters. The Morgan fingerprint density at radius 1 is 1.54 bits per heavy atom. The second-order valence-corrected chi connectivity index (χ2v) is 2.61. The molecule has 1 aromatic heterocycles. The molecule has 1 rings (SSSR count). The first-order chi connectivity index (χ1) is 6.27. The van der Waals surface area contributed by atoms with Gasteiger partial charge in [-0.2, -0.15) is 0 Å². The van der Waals surface area contributed by atoms with Gasteiger partial charge in [0.15, 0.2) is 0 Å². The van der Waals surface area contributed by atoms with E-state index in [-0.39, 0.29) is 6.03 Å². The van der Waals surface area contributed by atoms with Crippen LogP contribution < -0.4 is 5.32 Å². The van der Waals surface area contributed by atoms with E-state index >= 15 is 0 Å². The number of amides is 2. The lowest BCUT2D eigenvalue weighted by Crippen LogP contribution is -2.34. The zero-order valence-corrected chi connectivity index (χ0v) is 7.91. The smallest absolute Gasteiger partial charge is 0.321 e. The number of hydrogen-bond acceptors (Lipinski definition) is 2. The average molecular weight is 182 g/mol. The highest BCUT2D eigenvalue weighted by molar-refractivity contribution is 5.88. The van der Waals surface area contributed by atoms with E-state index in [1.54, 1.807) is 11.0 Å². The maximum absolute atomic E-state index is 11.4. The third-order valence-corrected chi connectivity index (χ3v) is 1.82. The molecule has 0 saturated carbocycles. The van der Waals surface area contributed by atoms with Crippen molar-refractivity contribution in [2.24, 2.45) is 0 Å². The predicted octanol–water partition coefficient (Wildman–Crippen LogP) is 2.15. The molecule has 72 valence electrons. The molecule has 1 aromatic rings. The highest BCUT2D eigenvalue weighted by Crippen LogP contribution is 2.07. The monoisotopic (exact) mass is 182 g/mol. The molecule has 0 aliphatic heterocycles. The van der Waals surface area contributed by atoms with Gasteiger partial charge in [-0.3, -0.25) is 0 Å². The van der Waals surface area contributed by atoms with Crippen molar-refractivity contribution in [3.63, 3.8) is 0 Å². The molecular weight excluding hydrogens is 168 g/mol. The van der Waals surface area contributed by atoms with Gasteiger partial charge in [-0.1, -0.05) is 0 Å². The molecule has 0 spiro atoms. The van der Waals surface area contributed by atoms with Gasteiger partial charge >= 0.3 is 6.03 Å². The third-order valence-electron chi connectivity index (χ3n) is 1.82. The van der Waals surface area contributed by atoms with Crippen LogP contribution in [-0.2, 0) is 0 Å². The molecular formula is C9H14N2O2. The average Bonchev–Trinajstić information content (AvgIpc) is 2.59. The van der Waals surface area contributed by atoms with Gasteiger partial charge in [0.25, 0.3) is 0 Å². The van der Waals surface area contributed by atoms with Crippen molar-refractivity contribution in [1.29, 1.82) is 0 Å². The van der Waals surface area contributed by atoms with E-state index in [1.165, 1.54) is 12.5 Å². The fourth-order valence-electron chi connectivity index (χ4n) is 1.05. The van der Waals surface area contributed by atoms with Crippen LogP contribution >= 0.6 is 0 Å². The van der Waals surface area contributed by atoms with E-state index in [9.17, 15) is 4.79 Å². The lowest BCUT2D eigenvalue weighted by Gasteiger charge is -2.18. The Balaban J connectivity index is 2.49. The summed E-state index contributed by atoms with van der Waals surface area (Å²) in [5.41, 5.74) is 0.692. The first-order valence-electron chi connectivity index (χ1n) is 4.36. The molecule has 4 heteroatoms. The van der Waals surface area contributed by atoms with E-state index in [2.05, 4.69) is 5.32 Å². The topological polar surface area (TPSA) is 45.5 Å². The van der Waals surface area contributed by atoms with Crippen molar-refractivity contribution < 1.29 is 9.21 Å². The van der Waals surface area contributed by atoms with Crippen LogP contribution in [0.2, 0.25) is 0 Å². The molecule has 0 fully saturated rings. The van der Waals surface area contributed by atoms with Crippen molar-refractivity contribution in [2.75, 3.05) is 18.4 Å². The fraction of sp³-hybridized carbons (Fsp3) is 0.444. The Morgan fingerprint density at radius 2 is 2.23 bits per heavy atom. The van der Waals surface area contributed by atoms with Crippen LogP contribution in [0.4, 0.5) is 10.5 Å². The second kappa shape index (κ2) is 4.54. The summed E-state index contributed by atoms with van der Waals surface area (Å²) in [5.74, 6) is 0. The SMILES string of the molecule is CCN(CC)C(=O)Nc1ccoc1. The van der Waals surface area contributed by atoms with Gasteiger partial charge in [0, 0.05) is 19.2 Å². The van der Waals surface area contributed by atoms with Crippen LogP contribution in [0, 0.1) is 0 Å². The first kappa shape index (κ1) is 9.64. The molecule has 0 bridgehead atoms. The molecule has 0 atom stereocenters. The minimum atomic E-state index is -0.0913. The minimum absolute atomic E-state index is 0.0913. The van der Waals surface area contributed by atoms with E-state index in [1.807, 2.05) is 13.8 Å². The van der Waals surface area contributed by atoms with Gasteiger partial charge in [-0.05, 0) is 13.8 Å². The highest BCUT2D eigenvalue weighted by Gasteiger charge is 2.08. The maximum Gasteiger partial charge on any atom is 0.321 e. The number of rotatable bonds is 3. The molecule has 0 aliphatic carbocycles. The molecule has 0 aliphatic rings. The van der Waals surface area contributed by atoms with E-state index in [0.717, 1.165) is 0 Å². The Kier molecular flexibility index (Phi) is 3.37. The van der Waals surface area contributed by atoms with Gasteiger partial charge in [0.05, 0.1) is 12.0 Å². The van der Waals surface area contributed by atoms with Gasteiger partial charge in [0.1, 0.15) is 6.26 Å². The standard InChI is InChI=1S/C9H14N2O2/c1-3-11(4-2)9(12)10-8-5-6-13-7-8/h5-7H,3-4H2,1-2H3,(H,10,12). The minimum Gasteiger partial charge on any atom is -0.470 e. The molecule has 0 aromatic carbocycles. The van der Waals surface area contributed by atoms with Crippen molar-refractivity contribution >= 4 is 11.7 Å². The number of carbonyl (C=O) groups is 1. The van der Waals surface area contributed by atoms with Gasteiger partial charge in [0.2, 0.25) is 0 Å². The van der Waals surface area contributed by atoms with Crippen molar-refractivity contribution in [2.45, 2.75) is 13.8 Å². The Hall–Kier alpha value is -1.45. The Labute approximate surface area is 77.5 Å². The van der Waals surface area contributed by atoms with Crippen LogP contribution in [0.15, 0.2) is 23.0 Å². The summed E-state index contributed by atoms with van der Waals surface area (Å²) < 4.78 is 4.83. The van der Waals surface area contributed by atoms with Gasteiger partial charge in [-0.15, -0.1) is 0 Å². The second-order valence-electron chi connectivity index (χ2n) is 2.61. The van der Waals surface area contributed by atoms with Crippen LogP contribution in [0.3, 0.4) is 0 Å². The molecule has 2 amide bonds. The van der Waals surface area contributed by atoms with Crippen LogP contribution in [0.1, 0.15) is 13.8 Å². The van der Waals surface area contributed by atoms with E-state index in [0.29, 0.717) is 18.8 Å². The van der Waals surface area contributed by atoms with E-state index in [4.69, 9.17) is 4.42 Å². The van der Waals surface area contributed by atoms with Crippen molar-refractivity contribution in [3.05, 3.63) is 18.6 Å². The molecule has 0 saturated heterocycles. The molecule has 4 nitrogen and oxygen atoms in total. The third kappa shape index (κ3) is 2.50. The van der Waals surface area contributed by atoms with Crippen molar-refractivity contribution in [1.82, 2.24) is 4.90 Å². The quantitative estimate of drug-likeness (QED) is 0.778. The van der Waals surface area contributed by atoms with Gasteiger partial charge < -0.3 is 14.6 Å². The van der Waals surface area contributed by atoms with E-state index < -0.39 is 0 Å². The number of urea groups is 1. The predicted molar refractivity (Wildman–Crippen MR) is 50.6 cm³/mol. The molecule has 13 heavy (non-hydrogen) atoms. The zero-order valence-electron chi connectivity index (χ0n) is 7.91. The van der Waals surface area contributed by atoms with Gasteiger partial charge in [-0.25, -0.2) is 4.79 Å². The molecule has 0 radical (unpaired) electrons. The van der Waals surface area contributed by atoms with Crippen molar-refractivity contribution in [3.8, 4) is 0 Å². The number of nitrogens with zero attached hydrogens (tertiary/aromatic N) is 1. The summed E-state index contributed by atoms with van der Waals surface area (Å²) in [5, 5.41) is 2.72. The number of nitrogens with one attached hydrogen (secondary N) is 1. The van der Waals surface area contributed by atoms with Crippen LogP contribution in [0.5, 0.6) is 0 Å². The number of furan rings is 1. The summed E-state index contributed by atoms with van der Waals surface area (Å²) >= 11 is 0. The zero-order chi connectivity index (χ0) is 9.68. The summed E-state index contributed by atoms with van der Waals surface area (Å²) in [6.07, 6.45) is 3.03. The molecule has 1 N–H and O–H groups in total. The Morgan fingerprint density at radius 3 is 2.69 bits per heavy atom. The molecule has 1 heterocycles. The van der Waals surface area contributed by atoms with Crippen LogP contribution in [-0.4, -0.2) is 24.0 Å². The lowest BCUT2D eigenvalue weighted by molar-refractivity contribution is 0.217. The number of carbonyl (C=O) groups excluding carboxylic acids is 1. The van der Waals surface area contributed by atoms with Crippen LogP contribution in [0.25, 0.3) is 0 Å². The summed E-state index contributed by atoms with van der Waals surface area (Å²) in [4.78, 5) is 13.1. The number of anilines is 1. The highest BCUT2D eigenvalue weighted by atomic mass is 16.3. The largest absolute Gasteiger partial charge is 0.470 e. The summed E-state index contributed by atoms with van der Waals surface area (Å²) in [6, 6.07) is 1.62. The lowest BCUT2D eigenvalue weighted by atomic mass is 10.5.